The van der Waals surface area contributed by atoms with E-state index >= 15 is 0 Å². The lowest BCUT2D eigenvalue weighted by Gasteiger charge is -2.09. The number of rotatable bonds is 5. The first-order valence-corrected chi connectivity index (χ1v) is 5.66. The van der Waals surface area contributed by atoms with E-state index in [1.54, 1.807) is 4.68 Å². The number of aromatic nitrogens is 2. The van der Waals surface area contributed by atoms with Crippen LogP contribution in [0.5, 0.6) is 0 Å². The van der Waals surface area contributed by atoms with Gasteiger partial charge in [-0.1, -0.05) is 12.2 Å². The van der Waals surface area contributed by atoms with E-state index in [0.29, 0.717) is 18.1 Å². The molecule has 1 aromatic heterocycles. The lowest BCUT2D eigenvalue weighted by atomic mass is 10.2. The van der Waals surface area contributed by atoms with Gasteiger partial charge in [0.2, 0.25) is 5.91 Å². The number of carbonyl (C=O) groups excluding carboxylic acids is 1. The van der Waals surface area contributed by atoms with Gasteiger partial charge in [-0.25, -0.2) is 0 Å². The number of carbonyl (C=O) groups is 1. The molecule has 1 aromatic rings. The minimum Gasteiger partial charge on any atom is -0.389 e. The van der Waals surface area contributed by atoms with Gasteiger partial charge in [-0.05, 0) is 6.92 Å². The molecule has 0 saturated heterocycles. The Hall–Kier alpha value is -1.63. The highest BCUT2D eigenvalue weighted by Gasteiger charge is 2.14. The summed E-state index contributed by atoms with van der Waals surface area (Å²) in [5.74, 6) is 0.725. The van der Waals surface area contributed by atoms with Gasteiger partial charge in [0.25, 0.3) is 0 Å². The molecule has 1 heterocycles. The highest BCUT2D eigenvalue weighted by molar-refractivity contribution is 7.80. The van der Waals surface area contributed by atoms with Crippen LogP contribution in [0.25, 0.3) is 0 Å². The van der Waals surface area contributed by atoms with E-state index in [2.05, 4.69) is 15.7 Å². The number of thiocarbonyl (C=S) groups is 1. The zero-order chi connectivity index (χ0) is 13.0. The lowest BCUT2D eigenvalue weighted by molar-refractivity contribution is -0.118. The third kappa shape index (κ3) is 3.42. The second kappa shape index (κ2) is 5.62. The van der Waals surface area contributed by atoms with Crippen LogP contribution in [0.3, 0.4) is 0 Å². The third-order valence-corrected chi connectivity index (χ3v) is 2.46. The van der Waals surface area contributed by atoms with Gasteiger partial charge in [0.15, 0.2) is 0 Å². The number of hydrogen-bond donors (Lipinski definition) is 3. The molecule has 7 heteroatoms. The van der Waals surface area contributed by atoms with Crippen LogP contribution in [0.4, 0.5) is 5.82 Å². The van der Waals surface area contributed by atoms with Crippen molar-refractivity contribution in [3.05, 3.63) is 11.3 Å². The molecule has 6 nitrogen and oxygen atoms in total. The van der Waals surface area contributed by atoms with Crippen LogP contribution >= 0.6 is 12.2 Å². The Morgan fingerprint density at radius 2 is 2.18 bits per heavy atom. The average Bonchev–Trinajstić information content (AvgIpc) is 2.48. The average molecular weight is 255 g/mol. The first-order chi connectivity index (χ1) is 7.93. The van der Waals surface area contributed by atoms with Gasteiger partial charge in [-0.3, -0.25) is 9.48 Å². The molecule has 0 radical (unpaired) electrons. The predicted octanol–water partition coefficient (Wildman–Crippen LogP) is -0.0893. The molecular weight excluding hydrogens is 238 g/mol. The van der Waals surface area contributed by atoms with Gasteiger partial charge >= 0.3 is 0 Å². The Labute approximate surface area is 106 Å². The largest absolute Gasteiger partial charge is 0.389 e. The van der Waals surface area contributed by atoms with Crippen LogP contribution in [-0.2, 0) is 11.8 Å². The molecule has 0 fully saturated rings. The molecule has 0 atom stereocenters. The van der Waals surface area contributed by atoms with Gasteiger partial charge < -0.3 is 16.4 Å². The number of nitrogens with one attached hydrogen (secondary N) is 2. The fourth-order valence-corrected chi connectivity index (χ4v) is 1.82. The Kier molecular flexibility index (Phi) is 4.45. The Morgan fingerprint density at radius 3 is 2.71 bits per heavy atom. The van der Waals surface area contributed by atoms with Crippen molar-refractivity contribution < 1.29 is 4.79 Å². The molecule has 0 aromatic carbocycles. The molecular formula is C10H17N5OS. The number of nitrogens with two attached hydrogens (primary N) is 1. The fraction of sp³-hybridized carbons (Fsp3) is 0.500. The van der Waals surface area contributed by atoms with Crippen LogP contribution in [0.15, 0.2) is 0 Å². The maximum atomic E-state index is 10.7. The van der Waals surface area contributed by atoms with Crippen molar-refractivity contribution in [1.29, 1.82) is 0 Å². The number of anilines is 1. The zero-order valence-electron chi connectivity index (χ0n) is 10.2. The van der Waals surface area contributed by atoms with E-state index in [-0.39, 0.29) is 5.91 Å². The summed E-state index contributed by atoms with van der Waals surface area (Å²) < 4.78 is 1.69. The normalized spacial score (nSPS) is 10.1. The first-order valence-electron chi connectivity index (χ1n) is 5.25. The van der Waals surface area contributed by atoms with Crippen LogP contribution in [0.2, 0.25) is 0 Å². The highest BCUT2D eigenvalue weighted by atomic mass is 32.1. The predicted molar refractivity (Wildman–Crippen MR) is 71.0 cm³/mol. The Bertz CT molecular complexity index is 440. The smallest absolute Gasteiger partial charge is 0.216 e. The third-order valence-electron chi connectivity index (χ3n) is 2.26. The monoisotopic (exact) mass is 255 g/mol. The van der Waals surface area contributed by atoms with Crippen molar-refractivity contribution in [2.75, 3.05) is 18.4 Å². The zero-order valence-corrected chi connectivity index (χ0v) is 11.0. The van der Waals surface area contributed by atoms with Crippen molar-refractivity contribution in [2.24, 2.45) is 12.8 Å². The maximum Gasteiger partial charge on any atom is 0.216 e. The van der Waals surface area contributed by atoms with Gasteiger partial charge in [-0.15, -0.1) is 0 Å². The fourth-order valence-electron chi connectivity index (χ4n) is 1.58. The summed E-state index contributed by atoms with van der Waals surface area (Å²) >= 11 is 4.99. The molecule has 1 amide bonds. The minimum atomic E-state index is -0.0532. The molecule has 94 valence electrons. The topological polar surface area (TPSA) is 85.0 Å². The van der Waals surface area contributed by atoms with Crippen molar-refractivity contribution in [1.82, 2.24) is 15.1 Å². The van der Waals surface area contributed by atoms with Gasteiger partial charge in [0, 0.05) is 27.1 Å². The van der Waals surface area contributed by atoms with E-state index in [0.717, 1.165) is 17.1 Å². The van der Waals surface area contributed by atoms with E-state index in [1.807, 2.05) is 14.0 Å². The summed E-state index contributed by atoms with van der Waals surface area (Å²) in [5, 5.41) is 10.1. The SMILES string of the molecule is CC(=O)NCCNc1c(C(N)=S)c(C)nn1C. The molecule has 17 heavy (non-hydrogen) atoms. The molecule has 0 bridgehead atoms. The van der Waals surface area contributed by atoms with Crippen LogP contribution < -0.4 is 16.4 Å². The van der Waals surface area contributed by atoms with Gasteiger partial charge in [-0.2, -0.15) is 5.10 Å². The second-order valence-corrected chi connectivity index (χ2v) is 4.15. The van der Waals surface area contributed by atoms with E-state index in [4.69, 9.17) is 18.0 Å². The Balaban J connectivity index is 2.70. The molecule has 1 rings (SSSR count). The number of amides is 1. The minimum absolute atomic E-state index is 0.0532. The van der Waals surface area contributed by atoms with Gasteiger partial charge in [0.1, 0.15) is 10.8 Å². The second-order valence-electron chi connectivity index (χ2n) is 3.71. The summed E-state index contributed by atoms with van der Waals surface area (Å²) in [6.45, 7) is 4.46. The molecule has 0 saturated carbocycles. The highest BCUT2D eigenvalue weighted by Crippen LogP contribution is 2.17. The van der Waals surface area contributed by atoms with Crippen molar-refractivity contribution >= 4 is 28.9 Å². The number of aryl methyl sites for hydroxylation is 2. The quantitative estimate of drug-likeness (QED) is 0.506. The molecule has 4 N–H and O–H groups in total. The number of hydrogen-bond acceptors (Lipinski definition) is 4. The summed E-state index contributed by atoms with van der Waals surface area (Å²) in [4.78, 5) is 11.0. The van der Waals surface area contributed by atoms with Crippen molar-refractivity contribution in [3.8, 4) is 0 Å². The van der Waals surface area contributed by atoms with E-state index < -0.39 is 0 Å². The lowest BCUT2D eigenvalue weighted by Crippen LogP contribution is -2.27. The van der Waals surface area contributed by atoms with Crippen LogP contribution in [-0.4, -0.2) is 33.8 Å². The molecule has 0 unspecified atom stereocenters. The molecule has 0 aliphatic carbocycles. The standard InChI is InChI=1S/C10H17N5OS/c1-6-8(9(11)17)10(15(3)14-6)13-5-4-12-7(2)16/h13H,4-5H2,1-3H3,(H2,11,17)(H,12,16). The van der Waals surface area contributed by atoms with E-state index in [1.165, 1.54) is 6.92 Å². The molecule has 0 spiro atoms. The summed E-state index contributed by atoms with van der Waals surface area (Å²) in [5.41, 5.74) is 7.20. The van der Waals surface area contributed by atoms with Crippen LogP contribution in [0.1, 0.15) is 18.2 Å². The molecule has 0 aliphatic heterocycles. The van der Waals surface area contributed by atoms with E-state index in [9.17, 15) is 4.79 Å². The van der Waals surface area contributed by atoms with Crippen molar-refractivity contribution in [3.63, 3.8) is 0 Å². The Morgan fingerprint density at radius 1 is 1.53 bits per heavy atom. The van der Waals surface area contributed by atoms with Crippen LogP contribution in [0, 0.1) is 6.92 Å². The number of nitrogens with zero attached hydrogens (tertiary/aromatic N) is 2. The summed E-state index contributed by atoms with van der Waals surface area (Å²) in [6.07, 6.45) is 0. The maximum absolute atomic E-state index is 10.7. The van der Waals surface area contributed by atoms with Gasteiger partial charge in [0.05, 0.1) is 11.3 Å². The first kappa shape index (κ1) is 13.4. The molecule has 0 aliphatic rings. The van der Waals surface area contributed by atoms with Crippen molar-refractivity contribution in [2.45, 2.75) is 13.8 Å². The summed E-state index contributed by atoms with van der Waals surface area (Å²) in [6, 6.07) is 0. The summed E-state index contributed by atoms with van der Waals surface area (Å²) in [7, 11) is 1.81.